The van der Waals surface area contributed by atoms with Gasteiger partial charge >= 0.3 is 6.18 Å². The molecule has 5 rings (SSSR count). The molecule has 0 radical (unpaired) electrons. The molecule has 0 bridgehead atoms. The van der Waals surface area contributed by atoms with Crippen molar-refractivity contribution in [1.82, 2.24) is 5.16 Å². The normalized spacial score (nSPS) is 15.0. The molecule has 4 aromatic rings. The number of rotatable bonds is 10. The fraction of sp³-hybridized carbons (Fsp3) is 0.290. The first-order valence-corrected chi connectivity index (χ1v) is 13.1. The number of carbonyl (C=O) groups is 1. The number of hydrogen-bond donors (Lipinski definition) is 1. The number of nitrogens with zero attached hydrogens (tertiary/aromatic N) is 2. The summed E-state index contributed by atoms with van der Waals surface area (Å²) in [5.74, 6) is -0.250. The SMILES string of the molecule is Cc1noc(-c2ccc(-c3ccc(C4(CC(=O)N=O)CC4)cc3)cc2)c1C(O)COCc1cccc(C(F)(F)F)c1. The van der Waals surface area contributed by atoms with Crippen LogP contribution in [-0.2, 0) is 27.7 Å². The lowest BCUT2D eigenvalue weighted by Gasteiger charge is -2.14. The van der Waals surface area contributed by atoms with E-state index in [1.807, 2.05) is 48.5 Å². The third kappa shape index (κ3) is 6.28. The second-order valence-corrected chi connectivity index (χ2v) is 10.3. The van der Waals surface area contributed by atoms with E-state index in [0.717, 1.165) is 41.7 Å². The predicted octanol–water partition coefficient (Wildman–Crippen LogP) is 7.30. The van der Waals surface area contributed by atoms with Crippen LogP contribution in [0.25, 0.3) is 22.5 Å². The number of aliphatic hydroxyl groups excluding tert-OH is 1. The Bertz CT molecular complexity index is 1540. The molecule has 10 heteroatoms. The second kappa shape index (κ2) is 11.4. The Balaban J connectivity index is 1.25. The molecule has 0 saturated heterocycles. The van der Waals surface area contributed by atoms with Crippen LogP contribution in [0.3, 0.4) is 0 Å². The fourth-order valence-corrected chi connectivity index (χ4v) is 5.06. The molecule has 1 unspecified atom stereocenters. The van der Waals surface area contributed by atoms with Crippen molar-refractivity contribution in [3.63, 3.8) is 0 Å². The summed E-state index contributed by atoms with van der Waals surface area (Å²) in [6, 6.07) is 20.3. The monoisotopic (exact) mass is 564 g/mol. The molecule has 3 aromatic carbocycles. The molecule has 1 heterocycles. The van der Waals surface area contributed by atoms with E-state index in [-0.39, 0.29) is 25.0 Å². The molecular weight excluding hydrogens is 537 g/mol. The fourth-order valence-electron chi connectivity index (χ4n) is 5.06. The summed E-state index contributed by atoms with van der Waals surface area (Å²) in [6.45, 7) is 1.44. The van der Waals surface area contributed by atoms with Crippen LogP contribution in [0.15, 0.2) is 82.5 Å². The molecule has 7 nitrogen and oxygen atoms in total. The van der Waals surface area contributed by atoms with Gasteiger partial charge < -0.3 is 14.4 Å². The number of halogens is 3. The van der Waals surface area contributed by atoms with Gasteiger partial charge in [-0.15, -0.1) is 4.91 Å². The van der Waals surface area contributed by atoms with E-state index in [2.05, 4.69) is 10.3 Å². The number of ether oxygens (including phenoxy) is 1. The molecule has 0 spiro atoms. The number of hydrogen-bond acceptors (Lipinski definition) is 6. The minimum Gasteiger partial charge on any atom is -0.386 e. The third-order valence-corrected chi connectivity index (χ3v) is 7.46. The van der Waals surface area contributed by atoms with Crippen molar-refractivity contribution in [1.29, 1.82) is 0 Å². The van der Waals surface area contributed by atoms with Crippen LogP contribution in [0.1, 0.15) is 53.3 Å². The minimum absolute atomic E-state index is 0.0977. The van der Waals surface area contributed by atoms with Gasteiger partial charge in [0.15, 0.2) is 5.76 Å². The molecule has 0 aliphatic heterocycles. The van der Waals surface area contributed by atoms with Crippen molar-refractivity contribution in [3.05, 3.63) is 106 Å². The molecule has 1 N–H and O–H groups in total. The Hall–Kier alpha value is -4.15. The summed E-state index contributed by atoms with van der Waals surface area (Å²) in [5, 5.41) is 17.4. The molecule has 212 valence electrons. The maximum Gasteiger partial charge on any atom is 0.416 e. The highest BCUT2D eigenvalue weighted by molar-refractivity contribution is 5.79. The Morgan fingerprint density at radius 1 is 1.05 bits per heavy atom. The minimum atomic E-state index is -4.44. The van der Waals surface area contributed by atoms with E-state index in [0.29, 0.717) is 28.1 Å². The molecule has 1 aliphatic carbocycles. The van der Waals surface area contributed by atoms with Crippen LogP contribution in [0.4, 0.5) is 13.2 Å². The maximum atomic E-state index is 13.0. The first-order valence-electron chi connectivity index (χ1n) is 13.1. The average Bonchev–Trinajstić information content (AvgIpc) is 3.64. The molecule has 1 aromatic heterocycles. The first kappa shape index (κ1) is 28.4. The smallest absolute Gasteiger partial charge is 0.386 e. The molecule has 1 fully saturated rings. The third-order valence-electron chi connectivity index (χ3n) is 7.46. The Morgan fingerprint density at radius 3 is 2.29 bits per heavy atom. The molecule has 1 aliphatic rings. The van der Waals surface area contributed by atoms with Crippen molar-refractivity contribution in [2.24, 2.45) is 5.18 Å². The van der Waals surface area contributed by atoms with Crippen LogP contribution < -0.4 is 0 Å². The van der Waals surface area contributed by atoms with Crippen molar-refractivity contribution < 1.29 is 32.3 Å². The van der Waals surface area contributed by atoms with E-state index in [4.69, 9.17) is 9.26 Å². The van der Waals surface area contributed by atoms with Gasteiger partial charge in [-0.05, 0) is 54.2 Å². The molecule has 41 heavy (non-hydrogen) atoms. The van der Waals surface area contributed by atoms with E-state index in [1.165, 1.54) is 12.1 Å². The predicted molar refractivity (Wildman–Crippen MR) is 145 cm³/mol. The molecule has 1 amide bonds. The van der Waals surface area contributed by atoms with Gasteiger partial charge in [0, 0.05) is 22.6 Å². The summed E-state index contributed by atoms with van der Waals surface area (Å²) in [7, 11) is 0. The first-order chi connectivity index (χ1) is 19.6. The average molecular weight is 565 g/mol. The zero-order valence-electron chi connectivity index (χ0n) is 22.1. The Morgan fingerprint density at radius 2 is 1.68 bits per heavy atom. The van der Waals surface area contributed by atoms with Crippen molar-refractivity contribution in [2.75, 3.05) is 6.61 Å². The van der Waals surface area contributed by atoms with Gasteiger partial charge in [0.2, 0.25) is 0 Å². The summed E-state index contributed by atoms with van der Waals surface area (Å²) < 4.78 is 50.0. The number of carbonyl (C=O) groups excluding carboxylic acids is 1. The highest BCUT2D eigenvalue weighted by Crippen LogP contribution is 2.51. The highest BCUT2D eigenvalue weighted by atomic mass is 19.4. The number of benzene rings is 3. The van der Waals surface area contributed by atoms with Gasteiger partial charge in [0.05, 0.1) is 30.0 Å². The van der Waals surface area contributed by atoms with Crippen molar-refractivity contribution in [3.8, 4) is 22.5 Å². The topological polar surface area (TPSA) is 102 Å². The summed E-state index contributed by atoms with van der Waals surface area (Å²) in [6.07, 6.45) is -3.72. The van der Waals surface area contributed by atoms with Crippen molar-refractivity contribution in [2.45, 2.75) is 50.5 Å². The van der Waals surface area contributed by atoms with Gasteiger partial charge in [-0.25, -0.2) is 0 Å². The van der Waals surface area contributed by atoms with E-state index < -0.39 is 23.8 Å². The van der Waals surface area contributed by atoms with E-state index in [9.17, 15) is 28.0 Å². The second-order valence-electron chi connectivity index (χ2n) is 10.3. The lowest BCUT2D eigenvalue weighted by molar-refractivity contribution is -0.137. The van der Waals surface area contributed by atoms with Gasteiger partial charge in [-0.1, -0.05) is 65.8 Å². The summed E-state index contributed by atoms with van der Waals surface area (Å²) >= 11 is 0. The van der Waals surface area contributed by atoms with Crippen LogP contribution in [-0.4, -0.2) is 22.8 Å². The molecule has 1 saturated carbocycles. The Kier molecular flexibility index (Phi) is 7.88. The summed E-state index contributed by atoms with van der Waals surface area (Å²) in [4.78, 5) is 22.1. The van der Waals surface area contributed by atoms with Crippen molar-refractivity contribution >= 4 is 5.91 Å². The van der Waals surface area contributed by atoms with E-state index >= 15 is 0 Å². The quantitative estimate of drug-likeness (QED) is 0.203. The molecule has 1 atom stereocenters. The van der Waals surface area contributed by atoms with Gasteiger partial charge in [-0.3, -0.25) is 4.79 Å². The standard InChI is InChI=1S/C31H27F3N2O5/c1-19-28(26(37)18-40-17-20-3-2-4-25(15-20)31(32,33)34)29(41-36-19)23-7-5-21(6-8-23)22-9-11-24(12-10-22)30(13-14-30)16-27(38)35-39/h2-12,15,26,37H,13-14,16-18H2,1H3. The number of alkyl halides is 3. The Labute approximate surface area is 233 Å². The summed E-state index contributed by atoms with van der Waals surface area (Å²) in [5.41, 5.74) is 3.84. The highest BCUT2D eigenvalue weighted by Gasteiger charge is 2.46. The largest absolute Gasteiger partial charge is 0.416 e. The van der Waals surface area contributed by atoms with Crippen LogP contribution in [0.2, 0.25) is 0 Å². The maximum absolute atomic E-state index is 13.0. The zero-order chi connectivity index (χ0) is 29.2. The van der Waals surface area contributed by atoms with Gasteiger partial charge in [0.25, 0.3) is 5.91 Å². The van der Waals surface area contributed by atoms with Crippen LogP contribution in [0, 0.1) is 11.8 Å². The number of amides is 1. The number of nitroso groups, excluding NO2 is 1. The van der Waals surface area contributed by atoms with Gasteiger partial charge in [0.1, 0.15) is 6.10 Å². The van der Waals surface area contributed by atoms with E-state index in [1.54, 1.807) is 6.92 Å². The van der Waals surface area contributed by atoms with Crippen LogP contribution >= 0.6 is 0 Å². The number of aromatic nitrogens is 1. The lowest BCUT2D eigenvalue weighted by Crippen LogP contribution is -2.11. The zero-order valence-corrected chi connectivity index (χ0v) is 22.1. The number of aliphatic hydroxyl groups is 1. The lowest BCUT2D eigenvalue weighted by atomic mass is 9.90. The van der Waals surface area contributed by atoms with Crippen LogP contribution in [0.5, 0.6) is 0 Å². The van der Waals surface area contributed by atoms with Gasteiger partial charge in [-0.2, -0.15) is 13.2 Å². The number of aryl methyl sites for hydroxylation is 1. The molecular formula is C31H27F3N2O5.